The summed E-state index contributed by atoms with van der Waals surface area (Å²) in [6.07, 6.45) is 2.28. The maximum atomic E-state index is 13.0. The summed E-state index contributed by atoms with van der Waals surface area (Å²) < 4.78 is 0. The molecule has 114 valence electrons. The number of nitrogens with one attached hydrogen (secondary N) is 1. The molecule has 0 aromatic carbocycles. The van der Waals surface area contributed by atoms with Gasteiger partial charge < -0.3 is 15.3 Å². The van der Waals surface area contributed by atoms with Crippen molar-refractivity contribution in [3.63, 3.8) is 0 Å². The van der Waals surface area contributed by atoms with Crippen LogP contribution in [0.5, 0.6) is 0 Å². The van der Waals surface area contributed by atoms with Gasteiger partial charge in [0.1, 0.15) is 0 Å². The normalized spacial score (nSPS) is 34.5. The third-order valence-electron chi connectivity index (χ3n) is 5.22. The van der Waals surface area contributed by atoms with Crippen LogP contribution in [0.25, 0.3) is 0 Å². The maximum Gasteiger partial charge on any atom is 0.311 e. The van der Waals surface area contributed by atoms with Crippen molar-refractivity contribution in [3.8, 4) is 0 Å². The lowest BCUT2D eigenvalue weighted by atomic mass is 9.73. The second-order valence-electron chi connectivity index (χ2n) is 6.93. The summed E-state index contributed by atoms with van der Waals surface area (Å²) in [5.74, 6) is -0.383. The summed E-state index contributed by atoms with van der Waals surface area (Å²) in [4.78, 5) is 26.2. The molecule has 5 nitrogen and oxygen atoms in total. The lowest BCUT2D eigenvalue weighted by Gasteiger charge is -2.43. The van der Waals surface area contributed by atoms with Gasteiger partial charge in [0.15, 0.2) is 0 Å². The Morgan fingerprint density at radius 3 is 2.50 bits per heavy atom. The molecular formula is C15H26N2O3. The van der Waals surface area contributed by atoms with Gasteiger partial charge in [0.2, 0.25) is 5.91 Å². The van der Waals surface area contributed by atoms with Gasteiger partial charge in [0.05, 0.1) is 10.8 Å². The van der Waals surface area contributed by atoms with E-state index in [0.29, 0.717) is 26.1 Å². The topological polar surface area (TPSA) is 69.6 Å². The Morgan fingerprint density at radius 2 is 2.00 bits per heavy atom. The first-order valence-corrected chi connectivity index (χ1v) is 7.55. The number of likely N-dealkylation sites (tertiary alicyclic amines) is 1. The van der Waals surface area contributed by atoms with E-state index in [1.54, 1.807) is 11.8 Å². The number of hydrogen-bond acceptors (Lipinski definition) is 3. The van der Waals surface area contributed by atoms with Crippen molar-refractivity contribution in [2.75, 3.05) is 26.2 Å². The van der Waals surface area contributed by atoms with Crippen molar-refractivity contribution < 1.29 is 14.7 Å². The number of carboxylic acids is 1. The zero-order chi connectivity index (χ0) is 15.0. The van der Waals surface area contributed by atoms with Gasteiger partial charge in [0, 0.05) is 19.6 Å². The molecule has 20 heavy (non-hydrogen) atoms. The fourth-order valence-corrected chi connectivity index (χ4v) is 3.54. The van der Waals surface area contributed by atoms with Gasteiger partial charge >= 0.3 is 5.97 Å². The molecule has 2 saturated heterocycles. The van der Waals surface area contributed by atoms with E-state index in [0.717, 1.165) is 19.4 Å². The molecule has 2 rings (SSSR count). The molecule has 0 aromatic rings. The van der Waals surface area contributed by atoms with E-state index in [9.17, 15) is 14.7 Å². The summed E-state index contributed by atoms with van der Waals surface area (Å²) in [6.45, 7) is 8.55. The van der Waals surface area contributed by atoms with E-state index >= 15 is 0 Å². The molecule has 0 spiro atoms. The summed E-state index contributed by atoms with van der Waals surface area (Å²) in [5.41, 5.74) is -1.14. The van der Waals surface area contributed by atoms with Crippen molar-refractivity contribution in [2.24, 2.45) is 16.7 Å². The van der Waals surface area contributed by atoms with Crippen LogP contribution in [0, 0.1) is 16.7 Å². The molecule has 2 aliphatic rings. The van der Waals surface area contributed by atoms with Crippen LogP contribution >= 0.6 is 0 Å². The van der Waals surface area contributed by atoms with Gasteiger partial charge in [-0.2, -0.15) is 0 Å². The quantitative estimate of drug-likeness (QED) is 0.819. The first-order valence-electron chi connectivity index (χ1n) is 7.55. The molecule has 2 N–H and O–H groups in total. The van der Waals surface area contributed by atoms with Gasteiger partial charge in [-0.15, -0.1) is 0 Å². The monoisotopic (exact) mass is 282 g/mol. The van der Waals surface area contributed by atoms with E-state index in [1.165, 1.54) is 0 Å². The standard InChI is InChI=1S/C15H26N2O3/c1-11(2)15(6-7-16-9-15)12(18)17-8-4-5-14(3,10-17)13(19)20/h11,16H,4-10H2,1-3H3,(H,19,20). The number of hydrogen-bond donors (Lipinski definition) is 2. The van der Waals surface area contributed by atoms with Crippen molar-refractivity contribution in [1.29, 1.82) is 0 Å². The molecule has 1 amide bonds. The Balaban J connectivity index is 2.18. The molecule has 5 heteroatoms. The Hall–Kier alpha value is -1.10. The first kappa shape index (κ1) is 15.3. The predicted octanol–water partition coefficient (Wildman–Crippen LogP) is 1.34. The van der Waals surface area contributed by atoms with Crippen LogP contribution < -0.4 is 5.32 Å². The Morgan fingerprint density at radius 1 is 1.30 bits per heavy atom. The fourth-order valence-electron chi connectivity index (χ4n) is 3.54. The second-order valence-corrected chi connectivity index (χ2v) is 6.93. The number of carboxylic acid groups (broad SMARTS) is 1. The van der Waals surface area contributed by atoms with E-state index in [2.05, 4.69) is 19.2 Å². The van der Waals surface area contributed by atoms with Gasteiger partial charge in [0.25, 0.3) is 0 Å². The number of rotatable bonds is 3. The van der Waals surface area contributed by atoms with E-state index in [1.807, 2.05) is 0 Å². The fraction of sp³-hybridized carbons (Fsp3) is 0.867. The van der Waals surface area contributed by atoms with Crippen LogP contribution in [0.2, 0.25) is 0 Å². The van der Waals surface area contributed by atoms with Crippen LogP contribution in [-0.2, 0) is 9.59 Å². The van der Waals surface area contributed by atoms with E-state index < -0.39 is 11.4 Å². The molecule has 0 aromatic heterocycles. The van der Waals surface area contributed by atoms with E-state index in [-0.39, 0.29) is 17.2 Å². The molecule has 2 unspecified atom stereocenters. The van der Waals surface area contributed by atoms with Crippen molar-refractivity contribution >= 4 is 11.9 Å². The number of aliphatic carboxylic acids is 1. The first-order chi connectivity index (χ1) is 9.32. The minimum Gasteiger partial charge on any atom is -0.481 e. The van der Waals surface area contributed by atoms with Crippen LogP contribution in [0.4, 0.5) is 0 Å². The van der Waals surface area contributed by atoms with Crippen molar-refractivity contribution in [2.45, 2.75) is 40.0 Å². The number of nitrogens with zero attached hydrogens (tertiary/aromatic N) is 1. The highest BCUT2D eigenvalue weighted by atomic mass is 16.4. The summed E-state index contributed by atoms with van der Waals surface area (Å²) in [6, 6.07) is 0. The largest absolute Gasteiger partial charge is 0.481 e. The molecule has 0 bridgehead atoms. The molecule has 0 aliphatic carbocycles. The average molecular weight is 282 g/mol. The van der Waals surface area contributed by atoms with Crippen LogP contribution in [0.3, 0.4) is 0 Å². The van der Waals surface area contributed by atoms with Gasteiger partial charge in [-0.3, -0.25) is 9.59 Å². The molecule has 0 radical (unpaired) electrons. The van der Waals surface area contributed by atoms with Crippen LogP contribution in [0.15, 0.2) is 0 Å². The number of carbonyl (C=O) groups is 2. The van der Waals surface area contributed by atoms with E-state index in [4.69, 9.17) is 0 Å². The van der Waals surface area contributed by atoms with Gasteiger partial charge in [-0.05, 0) is 38.6 Å². The summed E-state index contributed by atoms with van der Waals surface area (Å²) in [7, 11) is 0. The lowest BCUT2D eigenvalue weighted by Crippen LogP contribution is -2.54. The SMILES string of the molecule is CC(C)C1(C(=O)N2CCCC(C)(C(=O)O)C2)CCNC1. The zero-order valence-corrected chi connectivity index (χ0v) is 12.7. The molecule has 0 saturated carbocycles. The highest BCUT2D eigenvalue weighted by Crippen LogP contribution is 2.39. The number of amides is 1. The minimum absolute atomic E-state index is 0.143. The average Bonchev–Trinajstić information content (AvgIpc) is 2.88. The Kier molecular flexibility index (Phi) is 4.09. The van der Waals surface area contributed by atoms with Crippen molar-refractivity contribution in [1.82, 2.24) is 10.2 Å². The third kappa shape index (κ3) is 2.43. The molecule has 2 heterocycles. The molecule has 2 fully saturated rings. The maximum absolute atomic E-state index is 13.0. The molecular weight excluding hydrogens is 256 g/mol. The van der Waals surface area contributed by atoms with Crippen LogP contribution in [-0.4, -0.2) is 48.1 Å². The number of carbonyl (C=O) groups excluding carboxylic acids is 1. The second kappa shape index (κ2) is 5.35. The van der Waals surface area contributed by atoms with Crippen molar-refractivity contribution in [3.05, 3.63) is 0 Å². The van der Waals surface area contributed by atoms with Crippen LogP contribution in [0.1, 0.15) is 40.0 Å². The summed E-state index contributed by atoms with van der Waals surface area (Å²) >= 11 is 0. The molecule has 2 atom stereocenters. The Labute approximate surface area is 120 Å². The van der Waals surface area contributed by atoms with Gasteiger partial charge in [-0.25, -0.2) is 0 Å². The highest BCUT2D eigenvalue weighted by molar-refractivity contribution is 5.85. The highest BCUT2D eigenvalue weighted by Gasteiger charge is 2.49. The smallest absolute Gasteiger partial charge is 0.311 e. The third-order valence-corrected chi connectivity index (χ3v) is 5.22. The molecule has 2 aliphatic heterocycles. The predicted molar refractivity (Wildman–Crippen MR) is 76.3 cm³/mol. The van der Waals surface area contributed by atoms with Gasteiger partial charge in [-0.1, -0.05) is 13.8 Å². The number of piperidine rings is 1. The Bertz CT molecular complexity index is 402. The lowest BCUT2D eigenvalue weighted by molar-refractivity contribution is -0.157. The minimum atomic E-state index is -0.794. The zero-order valence-electron chi connectivity index (χ0n) is 12.7. The summed E-state index contributed by atoms with van der Waals surface area (Å²) in [5, 5.41) is 12.7.